The van der Waals surface area contributed by atoms with Crippen molar-refractivity contribution in [2.45, 2.75) is 30.9 Å². The molecular weight excluding hydrogens is 364 g/mol. The standard InChI is InChI=1S/C19H22N4O3S/c1-13-4-6-14(7-5-13)19(25)21-16-8-9-18(23-22-16)27-12-17(24)20-11-15-3-2-10-26-15/h4-9,15H,2-3,10-12H2,1H3,(H,20,24)(H,21,22,25)/t15-/m1/s1. The molecule has 0 unspecified atom stereocenters. The third-order valence-corrected chi connectivity index (χ3v) is 5.02. The van der Waals surface area contributed by atoms with Crippen molar-refractivity contribution in [3.8, 4) is 0 Å². The number of aryl methyl sites for hydroxylation is 1. The van der Waals surface area contributed by atoms with Crippen molar-refractivity contribution in [2.24, 2.45) is 0 Å². The molecule has 1 atom stereocenters. The smallest absolute Gasteiger partial charge is 0.256 e. The fourth-order valence-electron chi connectivity index (χ4n) is 2.58. The Morgan fingerprint density at radius 2 is 2.00 bits per heavy atom. The van der Waals surface area contributed by atoms with E-state index in [1.54, 1.807) is 24.3 Å². The fourth-order valence-corrected chi connectivity index (χ4v) is 3.22. The molecule has 142 valence electrons. The second-order valence-electron chi connectivity index (χ2n) is 6.30. The molecule has 0 aliphatic carbocycles. The van der Waals surface area contributed by atoms with Crippen LogP contribution in [0.4, 0.5) is 5.82 Å². The van der Waals surface area contributed by atoms with E-state index < -0.39 is 0 Å². The van der Waals surface area contributed by atoms with Gasteiger partial charge in [0.05, 0.1) is 11.9 Å². The van der Waals surface area contributed by atoms with Crippen molar-refractivity contribution < 1.29 is 14.3 Å². The van der Waals surface area contributed by atoms with Crippen LogP contribution >= 0.6 is 11.8 Å². The summed E-state index contributed by atoms with van der Waals surface area (Å²) in [5.41, 5.74) is 1.65. The van der Waals surface area contributed by atoms with Crippen LogP contribution in [0.3, 0.4) is 0 Å². The minimum absolute atomic E-state index is 0.0611. The van der Waals surface area contributed by atoms with Crippen molar-refractivity contribution in [1.82, 2.24) is 15.5 Å². The monoisotopic (exact) mass is 386 g/mol. The summed E-state index contributed by atoms with van der Waals surface area (Å²) >= 11 is 1.30. The molecule has 2 amide bonds. The first-order chi connectivity index (χ1) is 13.1. The lowest BCUT2D eigenvalue weighted by Crippen LogP contribution is -2.32. The molecule has 2 aromatic rings. The number of aromatic nitrogens is 2. The lowest BCUT2D eigenvalue weighted by Gasteiger charge is -2.10. The highest BCUT2D eigenvalue weighted by atomic mass is 32.2. The molecule has 1 saturated heterocycles. The van der Waals surface area contributed by atoms with E-state index in [2.05, 4.69) is 20.8 Å². The molecule has 1 aliphatic rings. The van der Waals surface area contributed by atoms with Gasteiger partial charge in [-0.1, -0.05) is 29.5 Å². The number of thioether (sulfide) groups is 1. The van der Waals surface area contributed by atoms with Gasteiger partial charge in [-0.2, -0.15) is 0 Å². The maximum atomic E-state index is 12.2. The number of carbonyl (C=O) groups excluding carboxylic acids is 2. The number of nitrogens with one attached hydrogen (secondary N) is 2. The third-order valence-electron chi connectivity index (χ3n) is 4.10. The summed E-state index contributed by atoms with van der Waals surface area (Å²) in [7, 11) is 0. The normalized spacial score (nSPS) is 16.1. The number of hydrogen-bond donors (Lipinski definition) is 2. The molecule has 2 heterocycles. The van der Waals surface area contributed by atoms with Crippen LogP contribution in [-0.4, -0.2) is 47.0 Å². The van der Waals surface area contributed by atoms with Crippen LogP contribution in [0, 0.1) is 6.92 Å². The summed E-state index contributed by atoms with van der Waals surface area (Å²) in [6.07, 6.45) is 2.18. The van der Waals surface area contributed by atoms with Crippen molar-refractivity contribution in [2.75, 3.05) is 24.2 Å². The van der Waals surface area contributed by atoms with Crippen LogP contribution in [-0.2, 0) is 9.53 Å². The van der Waals surface area contributed by atoms with Gasteiger partial charge in [-0.3, -0.25) is 9.59 Å². The summed E-state index contributed by atoms with van der Waals surface area (Å²) < 4.78 is 5.47. The number of anilines is 1. The van der Waals surface area contributed by atoms with Gasteiger partial charge in [0.2, 0.25) is 5.91 Å². The van der Waals surface area contributed by atoms with E-state index >= 15 is 0 Å². The molecule has 0 bridgehead atoms. The number of hydrogen-bond acceptors (Lipinski definition) is 6. The average molecular weight is 386 g/mol. The van der Waals surface area contributed by atoms with Crippen LogP contribution in [0.1, 0.15) is 28.8 Å². The summed E-state index contributed by atoms with van der Waals surface area (Å²) in [6.45, 7) is 3.29. The Morgan fingerprint density at radius 1 is 1.19 bits per heavy atom. The molecule has 7 nitrogen and oxygen atoms in total. The van der Waals surface area contributed by atoms with Crippen LogP contribution in [0.15, 0.2) is 41.4 Å². The Bertz CT molecular complexity index is 775. The van der Waals surface area contributed by atoms with Crippen LogP contribution in [0.2, 0.25) is 0 Å². The van der Waals surface area contributed by atoms with Gasteiger partial charge in [0.25, 0.3) is 5.91 Å². The minimum Gasteiger partial charge on any atom is -0.376 e. The highest BCUT2D eigenvalue weighted by Gasteiger charge is 2.16. The maximum Gasteiger partial charge on any atom is 0.256 e. The molecular formula is C19H22N4O3S. The minimum atomic E-state index is -0.238. The van der Waals surface area contributed by atoms with E-state index in [0.717, 1.165) is 25.0 Å². The lowest BCUT2D eigenvalue weighted by molar-refractivity contribution is -0.119. The molecule has 0 radical (unpaired) electrons. The zero-order valence-electron chi connectivity index (χ0n) is 15.1. The SMILES string of the molecule is Cc1ccc(C(=O)Nc2ccc(SCC(=O)NC[C@H]3CCCO3)nn2)cc1. The largest absolute Gasteiger partial charge is 0.376 e. The zero-order chi connectivity index (χ0) is 19.1. The number of benzene rings is 1. The van der Waals surface area contributed by atoms with Gasteiger partial charge < -0.3 is 15.4 Å². The number of nitrogens with zero attached hydrogens (tertiary/aromatic N) is 2. The van der Waals surface area contributed by atoms with Gasteiger partial charge in [0, 0.05) is 18.7 Å². The molecule has 0 saturated carbocycles. The predicted octanol–water partition coefficient (Wildman–Crippen LogP) is 2.42. The van der Waals surface area contributed by atoms with E-state index in [9.17, 15) is 9.59 Å². The van der Waals surface area contributed by atoms with Gasteiger partial charge in [0.15, 0.2) is 5.82 Å². The Morgan fingerprint density at radius 3 is 2.67 bits per heavy atom. The predicted molar refractivity (Wildman–Crippen MR) is 104 cm³/mol. The summed E-state index contributed by atoms with van der Waals surface area (Å²) in [5.74, 6) is 0.330. The summed E-state index contributed by atoms with van der Waals surface area (Å²) in [5, 5.41) is 14.2. The van der Waals surface area contributed by atoms with Crippen molar-refractivity contribution >= 4 is 29.4 Å². The van der Waals surface area contributed by atoms with Crippen LogP contribution < -0.4 is 10.6 Å². The molecule has 1 aromatic heterocycles. The number of ether oxygens (including phenoxy) is 1. The van der Waals surface area contributed by atoms with E-state index in [0.29, 0.717) is 23.0 Å². The Kier molecular flexibility index (Phi) is 6.78. The van der Waals surface area contributed by atoms with E-state index in [1.807, 2.05) is 19.1 Å². The first-order valence-electron chi connectivity index (χ1n) is 8.83. The number of rotatable bonds is 7. The van der Waals surface area contributed by atoms with Gasteiger partial charge in [-0.05, 0) is 44.0 Å². The molecule has 1 fully saturated rings. The number of carbonyl (C=O) groups is 2. The fraction of sp³-hybridized carbons (Fsp3) is 0.368. The first-order valence-corrected chi connectivity index (χ1v) is 9.81. The number of amides is 2. The van der Waals surface area contributed by atoms with Crippen molar-refractivity contribution in [3.63, 3.8) is 0 Å². The molecule has 3 rings (SSSR count). The highest BCUT2D eigenvalue weighted by molar-refractivity contribution is 7.99. The second-order valence-corrected chi connectivity index (χ2v) is 7.30. The molecule has 0 spiro atoms. The van der Waals surface area contributed by atoms with Crippen molar-refractivity contribution in [3.05, 3.63) is 47.5 Å². The summed E-state index contributed by atoms with van der Waals surface area (Å²) in [6, 6.07) is 10.7. The van der Waals surface area contributed by atoms with E-state index in [4.69, 9.17) is 4.74 Å². The quantitative estimate of drug-likeness (QED) is 0.710. The Hall–Kier alpha value is -2.45. The molecule has 1 aromatic carbocycles. The van der Waals surface area contributed by atoms with E-state index in [-0.39, 0.29) is 23.7 Å². The molecule has 1 aliphatic heterocycles. The molecule has 8 heteroatoms. The maximum absolute atomic E-state index is 12.2. The average Bonchev–Trinajstić information content (AvgIpc) is 3.20. The molecule has 27 heavy (non-hydrogen) atoms. The summed E-state index contributed by atoms with van der Waals surface area (Å²) in [4.78, 5) is 24.0. The second kappa shape index (κ2) is 9.48. The van der Waals surface area contributed by atoms with E-state index in [1.165, 1.54) is 11.8 Å². The van der Waals surface area contributed by atoms with Crippen LogP contribution in [0.25, 0.3) is 0 Å². The first kappa shape index (κ1) is 19.3. The Balaban J connectivity index is 1.43. The third kappa shape index (κ3) is 6.04. The zero-order valence-corrected chi connectivity index (χ0v) is 15.9. The van der Waals surface area contributed by atoms with Gasteiger partial charge >= 0.3 is 0 Å². The lowest BCUT2D eigenvalue weighted by atomic mass is 10.1. The Labute approximate surface area is 162 Å². The topological polar surface area (TPSA) is 93.2 Å². The molecule has 2 N–H and O–H groups in total. The highest BCUT2D eigenvalue weighted by Crippen LogP contribution is 2.16. The van der Waals surface area contributed by atoms with Gasteiger partial charge in [-0.15, -0.1) is 10.2 Å². The van der Waals surface area contributed by atoms with Gasteiger partial charge in [-0.25, -0.2) is 0 Å². The van der Waals surface area contributed by atoms with Crippen LogP contribution in [0.5, 0.6) is 0 Å². The van der Waals surface area contributed by atoms with Crippen molar-refractivity contribution in [1.29, 1.82) is 0 Å². The van der Waals surface area contributed by atoms with Gasteiger partial charge in [0.1, 0.15) is 5.03 Å².